The molecule has 12 heteroatoms. The van der Waals surface area contributed by atoms with Gasteiger partial charge < -0.3 is 19.9 Å². The maximum Gasteiger partial charge on any atom is 0.271 e. The highest BCUT2D eigenvalue weighted by molar-refractivity contribution is 8.00. The fourth-order valence-electron chi connectivity index (χ4n) is 3.23. The minimum atomic E-state index is -0.603. The van der Waals surface area contributed by atoms with E-state index in [2.05, 4.69) is 15.3 Å². The number of non-ortho nitro benzene ring substituents is 1. The Morgan fingerprint density at radius 3 is 2.71 bits per heavy atom. The summed E-state index contributed by atoms with van der Waals surface area (Å²) in [5.41, 5.74) is 1.50. The number of rotatable bonds is 8. The Morgan fingerprint density at radius 2 is 1.97 bits per heavy atom. The van der Waals surface area contributed by atoms with Crippen LogP contribution in [0.4, 0.5) is 11.4 Å². The molecule has 0 saturated heterocycles. The highest BCUT2D eigenvalue weighted by Gasteiger charge is 2.17. The van der Waals surface area contributed by atoms with E-state index in [1.54, 1.807) is 14.2 Å². The molecular formula is C22H18N4O6S2. The smallest absolute Gasteiger partial charge is 0.271 e. The van der Waals surface area contributed by atoms with Gasteiger partial charge in [-0.05, 0) is 23.8 Å². The molecule has 0 atom stereocenters. The van der Waals surface area contributed by atoms with Crippen molar-refractivity contribution in [1.29, 1.82) is 0 Å². The van der Waals surface area contributed by atoms with Gasteiger partial charge in [-0.1, -0.05) is 17.8 Å². The summed E-state index contributed by atoms with van der Waals surface area (Å²) in [5, 5.41) is 26.8. The molecule has 34 heavy (non-hydrogen) atoms. The van der Waals surface area contributed by atoms with Gasteiger partial charge in [-0.25, -0.2) is 9.97 Å². The first-order valence-corrected chi connectivity index (χ1v) is 11.6. The number of anilines is 1. The molecule has 0 spiro atoms. The van der Waals surface area contributed by atoms with E-state index in [1.807, 2.05) is 23.6 Å². The van der Waals surface area contributed by atoms with Crippen molar-refractivity contribution in [3.05, 3.63) is 58.2 Å². The quantitative estimate of drug-likeness (QED) is 0.116. The Morgan fingerprint density at radius 1 is 1.18 bits per heavy atom. The largest absolute Gasteiger partial charge is 0.506 e. The minimum Gasteiger partial charge on any atom is -0.506 e. The molecule has 2 aromatic carbocycles. The monoisotopic (exact) mass is 498 g/mol. The number of thioether (sulfide) groups is 1. The lowest BCUT2D eigenvalue weighted by Crippen LogP contribution is -2.14. The number of thiophene rings is 1. The number of carbonyl (C=O) groups is 1. The van der Waals surface area contributed by atoms with Crippen LogP contribution in [0.25, 0.3) is 21.3 Å². The number of aromatic hydroxyl groups is 1. The van der Waals surface area contributed by atoms with Crippen LogP contribution in [0.1, 0.15) is 0 Å². The van der Waals surface area contributed by atoms with Gasteiger partial charge in [0.05, 0.1) is 36.0 Å². The second-order valence-corrected chi connectivity index (χ2v) is 8.70. The fraction of sp³-hybridized carbons (Fsp3) is 0.136. The number of nitro benzene ring substituents is 1. The number of phenols is 1. The predicted molar refractivity (Wildman–Crippen MR) is 130 cm³/mol. The maximum atomic E-state index is 12.5. The molecule has 174 valence electrons. The number of methoxy groups -OCH3 is 2. The van der Waals surface area contributed by atoms with Crippen LogP contribution in [0.2, 0.25) is 0 Å². The second-order valence-electron chi connectivity index (χ2n) is 6.87. The van der Waals surface area contributed by atoms with Crippen molar-refractivity contribution in [2.24, 2.45) is 0 Å². The lowest BCUT2D eigenvalue weighted by molar-refractivity contribution is -0.384. The first-order chi connectivity index (χ1) is 16.4. The number of benzene rings is 2. The van der Waals surface area contributed by atoms with Crippen molar-refractivity contribution in [3.8, 4) is 28.4 Å². The van der Waals surface area contributed by atoms with Gasteiger partial charge in [0.1, 0.15) is 21.9 Å². The highest BCUT2D eigenvalue weighted by Crippen LogP contribution is 2.40. The molecule has 0 saturated carbocycles. The zero-order chi connectivity index (χ0) is 24.2. The zero-order valence-corrected chi connectivity index (χ0v) is 19.6. The van der Waals surface area contributed by atoms with Crippen LogP contribution in [-0.4, -0.2) is 45.9 Å². The van der Waals surface area contributed by atoms with Crippen molar-refractivity contribution in [2.45, 2.75) is 5.03 Å². The number of aromatic nitrogens is 2. The van der Waals surface area contributed by atoms with Gasteiger partial charge in [-0.3, -0.25) is 14.9 Å². The molecule has 0 aliphatic heterocycles. The molecular weight excluding hydrogens is 480 g/mol. The Kier molecular flexibility index (Phi) is 6.80. The third-order valence-electron chi connectivity index (χ3n) is 4.84. The van der Waals surface area contributed by atoms with Crippen molar-refractivity contribution in [2.75, 3.05) is 25.3 Å². The summed E-state index contributed by atoms with van der Waals surface area (Å²) in [5.74, 6) is 0.451. The highest BCUT2D eigenvalue weighted by atomic mass is 32.2. The SMILES string of the molecule is COc1ccc(-c2csc3ncnc(SCC(=O)Nc4cc([N+](=O)[O-])ccc4O)c23)cc1OC. The summed E-state index contributed by atoms with van der Waals surface area (Å²) in [6.07, 6.45) is 1.43. The summed E-state index contributed by atoms with van der Waals surface area (Å²) in [6.45, 7) is 0. The molecule has 2 N–H and O–H groups in total. The average molecular weight is 499 g/mol. The van der Waals surface area contributed by atoms with Crippen molar-refractivity contribution < 1.29 is 24.3 Å². The molecule has 1 amide bonds. The molecule has 0 aliphatic carbocycles. The number of nitrogens with one attached hydrogen (secondary N) is 1. The summed E-state index contributed by atoms with van der Waals surface area (Å²) in [4.78, 5) is 32.3. The number of amides is 1. The Balaban J connectivity index is 1.58. The molecule has 0 bridgehead atoms. The van der Waals surface area contributed by atoms with Gasteiger partial charge in [0.15, 0.2) is 11.5 Å². The van der Waals surface area contributed by atoms with Gasteiger partial charge in [0.2, 0.25) is 5.91 Å². The van der Waals surface area contributed by atoms with Gasteiger partial charge in [0.25, 0.3) is 5.69 Å². The van der Waals surface area contributed by atoms with Crippen LogP contribution in [0.3, 0.4) is 0 Å². The Hall–Kier alpha value is -3.90. The van der Waals surface area contributed by atoms with Crippen molar-refractivity contribution in [1.82, 2.24) is 9.97 Å². The van der Waals surface area contributed by atoms with Gasteiger partial charge in [0, 0.05) is 23.1 Å². The summed E-state index contributed by atoms with van der Waals surface area (Å²) >= 11 is 2.65. The third-order valence-corrected chi connectivity index (χ3v) is 6.71. The van der Waals surface area contributed by atoms with E-state index in [0.717, 1.165) is 39.5 Å². The molecule has 4 aromatic rings. The van der Waals surface area contributed by atoms with Crippen LogP contribution >= 0.6 is 23.1 Å². The van der Waals surface area contributed by atoms with E-state index in [1.165, 1.54) is 29.4 Å². The van der Waals surface area contributed by atoms with Crippen LogP contribution in [0.15, 0.2) is 53.1 Å². The zero-order valence-electron chi connectivity index (χ0n) is 18.0. The van der Waals surface area contributed by atoms with E-state index in [9.17, 15) is 20.0 Å². The Labute approximate surface area is 201 Å². The summed E-state index contributed by atoms with van der Waals surface area (Å²) < 4.78 is 10.7. The molecule has 0 aliphatic rings. The summed E-state index contributed by atoms with van der Waals surface area (Å²) in [6, 6.07) is 9.00. The molecule has 2 aromatic heterocycles. The molecule has 10 nitrogen and oxygen atoms in total. The normalized spacial score (nSPS) is 10.8. The van der Waals surface area contributed by atoms with Crippen LogP contribution in [0, 0.1) is 10.1 Å². The standard InChI is InChI=1S/C22H18N4O6S2/c1-31-17-6-3-12(7-18(17)32-2)14-9-33-21-20(14)22(24-11-23-21)34-10-19(28)25-15-8-13(26(29)30)4-5-16(15)27/h3-9,11,27H,10H2,1-2H3,(H,25,28). The number of nitro groups is 1. The van der Waals surface area contributed by atoms with Crippen LogP contribution in [-0.2, 0) is 4.79 Å². The lowest BCUT2D eigenvalue weighted by atomic mass is 10.1. The predicted octanol–water partition coefficient (Wildman–Crippen LogP) is 4.72. The third kappa shape index (κ3) is 4.72. The fourth-order valence-corrected chi connectivity index (χ4v) is 5.02. The van der Waals surface area contributed by atoms with E-state index in [-0.39, 0.29) is 22.9 Å². The molecule has 0 radical (unpaired) electrons. The Bertz CT molecular complexity index is 1390. The first kappa shape index (κ1) is 23.3. The van der Waals surface area contributed by atoms with E-state index >= 15 is 0 Å². The number of nitrogens with zero attached hydrogens (tertiary/aromatic N) is 3. The van der Waals surface area contributed by atoms with E-state index in [0.29, 0.717) is 16.5 Å². The van der Waals surface area contributed by atoms with E-state index in [4.69, 9.17) is 9.47 Å². The molecule has 0 unspecified atom stereocenters. The number of carbonyl (C=O) groups excluding carboxylic acids is 1. The molecule has 4 rings (SSSR count). The number of ether oxygens (including phenoxy) is 2. The summed E-state index contributed by atoms with van der Waals surface area (Å²) in [7, 11) is 3.13. The lowest BCUT2D eigenvalue weighted by Gasteiger charge is -2.10. The van der Waals surface area contributed by atoms with Crippen LogP contribution in [0.5, 0.6) is 17.2 Å². The molecule has 0 fully saturated rings. The van der Waals surface area contributed by atoms with Gasteiger partial charge in [-0.2, -0.15) is 0 Å². The topological polar surface area (TPSA) is 137 Å². The number of fused-ring (bicyclic) bond motifs is 1. The van der Waals surface area contributed by atoms with Crippen molar-refractivity contribution >= 4 is 50.6 Å². The number of phenolic OH excluding ortho intramolecular Hbond substituents is 1. The van der Waals surface area contributed by atoms with Gasteiger partial charge in [-0.15, -0.1) is 11.3 Å². The van der Waals surface area contributed by atoms with Crippen molar-refractivity contribution in [3.63, 3.8) is 0 Å². The number of hydrogen-bond donors (Lipinski definition) is 2. The van der Waals surface area contributed by atoms with Crippen LogP contribution < -0.4 is 14.8 Å². The maximum absolute atomic E-state index is 12.5. The minimum absolute atomic E-state index is 0.0323. The van der Waals surface area contributed by atoms with E-state index < -0.39 is 10.8 Å². The molecule has 2 heterocycles. The first-order valence-electron chi connectivity index (χ1n) is 9.76. The number of hydrogen-bond acceptors (Lipinski definition) is 10. The second kappa shape index (κ2) is 9.93. The van der Waals surface area contributed by atoms with Gasteiger partial charge >= 0.3 is 0 Å². The average Bonchev–Trinajstić information content (AvgIpc) is 3.28.